The van der Waals surface area contributed by atoms with Gasteiger partial charge in [0, 0.05) is 33.2 Å². The van der Waals surface area contributed by atoms with Crippen LogP contribution in [0.25, 0.3) is 5.57 Å². The zero-order valence-electron chi connectivity index (χ0n) is 15.5. The molecule has 2 aliphatic heterocycles. The van der Waals surface area contributed by atoms with Crippen LogP contribution < -0.4 is 5.43 Å². The number of fused-ring (bicyclic) bond motifs is 3. The van der Waals surface area contributed by atoms with E-state index in [2.05, 4.69) is 6.58 Å². The first-order chi connectivity index (χ1) is 13.7. The summed E-state index contributed by atoms with van der Waals surface area (Å²) in [7, 11) is 1.58. The summed E-state index contributed by atoms with van der Waals surface area (Å²) in [5.74, 6) is -2.27. The summed E-state index contributed by atoms with van der Waals surface area (Å²) in [6.45, 7) is 4.57. The third-order valence-electron chi connectivity index (χ3n) is 5.21. The maximum absolute atomic E-state index is 13.4. The lowest BCUT2D eigenvalue weighted by molar-refractivity contribution is 0.0673. The number of pyridine rings is 1. The number of hydrogen-bond acceptors (Lipinski definition) is 4. The number of amides is 2. The van der Waals surface area contributed by atoms with Crippen molar-refractivity contribution in [1.82, 2.24) is 14.4 Å². The van der Waals surface area contributed by atoms with Gasteiger partial charge in [-0.15, -0.1) is 0 Å². The van der Waals surface area contributed by atoms with Crippen LogP contribution in [-0.4, -0.2) is 51.4 Å². The van der Waals surface area contributed by atoms with Crippen molar-refractivity contribution in [2.24, 2.45) is 0 Å². The Morgan fingerprint density at radius 1 is 1.17 bits per heavy atom. The molecule has 0 aliphatic carbocycles. The van der Waals surface area contributed by atoms with E-state index in [1.165, 1.54) is 32.6 Å². The molecule has 0 radical (unpaired) electrons. The van der Waals surface area contributed by atoms with E-state index in [0.717, 1.165) is 0 Å². The highest BCUT2D eigenvalue weighted by Crippen LogP contribution is 2.30. The van der Waals surface area contributed by atoms with Gasteiger partial charge >= 0.3 is 0 Å². The Morgan fingerprint density at radius 3 is 2.59 bits per heavy atom. The van der Waals surface area contributed by atoms with Crippen molar-refractivity contribution in [2.45, 2.75) is 13.1 Å². The van der Waals surface area contributed by atoms with E-state index in [4.69, 9.17) is 11.6 Å². The van der Waals surface area contributed by atoms with Crippen LogP contribution in [0.3, 0.4) is 0 Å². The Kier molecular flexibility index (Phi) is 4.46. The van der Waals surface area contributed by atoms with Gasteiger partial charge in [0.05, 0.1) is 10.6 Å². The second-order valence-corrected chi connectivity index (χ2v) is 7.55. The SMILES string of the molecule is C=C1CN(C)C(=O)c2c1c(=O)c(O)c1n2CCN(Cc2ccc(F)c(Cl)c2)C1=O. The maximum atomic E-state index is 13.4. The van der Waals surface area contributed by atoms with Crippen molar-refractivity contribution in [1.29, 1.82) is 0 Å². The molecule has 0 atom stereocenters. The molecule has 0 saturated heterocycles. The summed E-state index contributed by atoms with van der Waals surface area (Å²) in [5.41, 5.74) is 0.124. The molecule has 0 bridgehead atoms. The molecule has 0 saturated carbocycles. The second kappa shape index (κ2) is 6.73. The van der Waals surface area contributed by atoms with Crippen LogP contribution in [0.2, 0.25) is 5.02 Å². The van der Waals surface area contributed by atoms with Gasteiger partial charge in [-0.25, -0.2) is 4.39 Å². The lowest BCUT2D eigenvalue weighted by Crippen LogP contribution is -2.46. The van der Waals surface area contributed by atoms with Crippen molar-refractivity contribution >= 4 is 29.0 Å². The molecule has 0 unspecified atom stereocenters. The number of aromatic hydroxyl groups is 1. The molecule has 1 aromatic carbocycles. The van der Waals surface area contributed by atoms with E-state index in [0.29, 0.717) is 11.1 Å². The van der Waals surface area contributed by atoms with Gasteiger partial charge in [0.25, 0.3) is 11.8 Å². The van der Waals surface area contributed by atoms with Crippen LogP contribution in [0.15, 0.2) is 29.6 Å². The third-order valence-corrected chi connectivity index (χ3v) is 5.50. The van der Waals surface area contributed by atoms with Crippen LogP contribution in [0.4, 0.5) is 4.39 Å². The normalized spacial score (nSPS) is 16.2. The van der Waals surface area contributed by atoms with Gasteiger partial charge in [-0.1, -0.05) is 24.2 Å². The zero-order valence-corrected chi connectivity index (χ0v) is 16.3. The van der Waals surface area contributed by atoms with Gasteiger partial charge in [-0.05, 0) is 23.3 Å². The molecule has 1 aromatic heterocycles. The van der Waals surface area contributed by atoms with Gasteiger partial charge in [-0.3, -0.25) is 14.4 Å². The van der Waals surface area contributed by atoms with Crippen LogP contribution in [0.1, 0.15) is 32.1 Å². The van der Waals surface area contributed by atoms with Crippen molar-refractivity contribution < 1.29 is 19.1 Å². The minimum absolute atomic E-state index is 0.0564. The first kappa shape index (κ1) is 19.2. The molecule has 0 spiro atoms. The Labute approximate surface area is 170 Å². The number of hydrogen-bond donors (Lipinski definition) is 1. The van der Waals surface area contributed by atoms with E-state index in [1.807, 2.05) is 0 Å². The molecule has 2 amide bonds. The number of halogens is 2. The molecular weight excluding hydrogens is 401 g/mol. The van der Waals surface area contributed by atoms with Crippen LogP contribution >= 0.6 is 11.6 Å². The largest absolute Gasteiger partial charge is 0.503 e. The molecule has 9 heteroatoms. The Balaban J connectivity index is 1.80. The summed E-state index contributed by atoms with van der Waals surface area (Å²) in [5, 5.41) is 10.4. The fourth-order valence-electron chi connectivity index (χ4n) is 3.80. The molecule has 7 nitrogen and oxygen atoms in total. The molecule has 2 aromatic rings. The Morgan fingerprint density at radius 2 is 1.90 bits per heavy atom. The zero-order chi connectivity index (χ0) is 21.0. The van der Waals surface area contributed by atoms with Gasteiger partial charge < -0.3 is 19.5 Å². The van der Waals surface area contributed by atoms with E-state index in [9.17, 15) is 23.9 Å². The number of benzene rings is 1. The fraction of sp³-hybridized carbons (Fsp3) is 0.250. The molecular formula is C20H17ClFN3O4. The highest BCUT2D eigenvalue weighted by Gasteiger charge is 2.38. The van der Waals surface area contributed by atoms with E-state index in [1.54, 1.807) is 7.05 Å². The Hall–Kier alpha value is -3.13. The number of carbonyl (C=O) groups is 2. The van der Waals surface area contributed by atoms with Gasteiger partial charge in [0.2, 0.25) is 5.43 Å². The quantitative estimate of drug-likeness (QED) is 0.811. The number of aromatic nitrogens is 1. The van der Waals surface area contributed by atoms with Crippen molar-refractivity contribution in [3.8, 4) is 5.75 Å². The van der Waals surface area contributed by atoms with Gasteiger partial charge in [0.1, 0.15) is 11.5 Å². The average Bonchev–Trinajstić information content (AvgIpc) is 2.67. The molecule has 0 fully saturated rings. The topological polar surface area (TPSA) is 82.8 Å². The first-order valence-corrected chi connectivity index (χ1v) is 9.25. The lowest BCUT2D eigenvalue weighted by atomic mass is 9.97. The second-order valence-electron chi connectivity index (χ2n) is 7.14. The molecule has 1 N–H and O–H groups in total. The van der Waals surface area contributed by atoms with E-state index >= 15 is 0 Å². The molecule has 29 heavy (non-hydrogen) atoms. The minimum atomic E-state index is -0.780. The fourth-order valence-corrected chi connectivity index (χ4v) is 4.00. The summed E-state index contributed by atoms with van der Waals surface area (Å²) in [6, 6.07) is 4.13. The maximum Gasteiger partial charge on any atom is 0.274 e. The van der Waals surface area contributed by atoms with Crippen LogP contribution in [-0.2, 0) is 13.1 Å². The van der Waals surface area contributed by atoms with Crippen molar-refractivity contribution in [3.63, 3.8) is 0 Å². The predicted molar refractivity (Wildman–Crippen MR) is 105 cm³/mol. The highest BCUT2D eigenvalue weighted by molar-refractivity contribution is 6.30. The van der Waals surface area contributed by atoms with Gasteiger partial charge in [-0.2, -0.15) is 0 Å². The number of rotatable bonds is 2. The minimum Gasteiger partial charge on any atom is -0.503 e. The lowest BCUT2D eigenvalue weighted by Gasteiger charge is -2.35. The number of nitrogens with zero attached hydrogens (tertiary/aromatic N) is 3. The van der Waals surface area contributed by atoms with Crippen LogP contribution in [0, 0.1) is 5.82 Å². The highest BCUT2D eigenvalue weighted by atomic mass is 35.5. The van der Waals surface area contributed by atoms with E-state index in [-0.39, 0.29) is 48.2 Å². The summed E-state index contributed by atoms with van der Waals surface area (Å²) >= 11 is 5.80. The van der Waals surface area contributed by atoms with Crippen molar-refractivity contribution in [2.75, 3.05) is 20.1 Å². The molecule has 2 aliphatic rings. The predicted octanol–water partition coefficient (Wildman–Crippen LogP) is 2.10. The third kappa shape index (κ3) is 2.91. The summed E-state index contributed by atoms with van der Waals surface area (Å²) in [4.78, 5) is 41.3. The Bertz CT molecular complexity index is 1160. The molecule has 4 rings (SSSR count). The first-order valence-electron chi connectivity index (χ1n) is 8.87. The van der Waals surface area contributed by atoms with Gasteiger partial charge in [0.15, 0.2) is 11.4 Å². The number of carbonyl (C=O) groups excluding carboxylic acids is 2. The standard InChI is InChI=1S/C20H17ClFN3O4/c1-10-8-23(2)19(28)15-14(10)17(26)18(27)16-20(29)24(5-6-25(15)16)9-11-3-4-13(22)12(21)7-11/h3-4,7,27H,1,5-6,8-9H2,2H3. The van der Waals surface area contributed by atoms with Crippen molar-refractivity contribution in [3.05, 3.63) is 68.4 Å². The number of likely N-dealkylation sites (N-methyl/N-ethyl adjacent to an activating group) is 1. The smallest absolute Gasteiger partial charge is 0.274 e. The van der Waals surface area contributed by atoms with E-state index < -0.39 is 28.8 Å². The van der Waals surface area contributed by atoms with Crippen LogP contribution in [0.5, 0.6) is 5.75 Å². The molecule has 3 heterocycles. The monoisotopic (exact) mass is 417 g/mol. The summed E-state index contributed by atoms with van der Waals surface area (Å²) in [6.07, 6.45) is 0. The molecule has 150 valence electrons. The summed E-state index contributed by atoms with van der Waals surface area (Å²) < 4.78 is 14.8. The average molecular weight is 418 g/mol.